The van der Waals surface area contributed by atoms with Crippen LogP contribution in [0.3, 0.4) is 0 Å². The number of pyridine rings is 1. The van der Waals surface area contributed by atoms with Gasteiger partial charge in [-0.15, -0.1) is 0 Å². The summed E-state index contributed by atoms with van der Waals surface area (Å²) in [6, 6.07) is 22.3. The summed E-state index contributed by atoms with van der Waals surface area (Å²) in [5.41, 5.74) is 3.50. The van der Waals surface area contributed by atoms with Crippen molar-refractivity contribution in [2.75, 3.05) is 44.2 Å². The van der Waals surface area contributed by atoms with E-state index in [1.54, 1.807) is 12.3 Å². The number of likely N-dealkylation sites (tertiary alicyclic amines) is 1. The normalized spacial score (nSPS) is 17.2. The summed E-state index contributed by atoms with van der Waals surface area (Å²) in [6.45, 7) is 7.30. The van der Waals surface area contributed by atoms with E-state index in [2.05, 4.69) is 43.2 Å². The molecule has 8 heteroatoms. The quantitative estimate of drug-likeness (QED) is 0.492. The number of halogens is 1. The molecule has 2 aromatic carbocycles. The first-order valence-electron chi connectivity index (χ1n) is 13.3. The van der Waals surface area contributed by atoms with E-state index >= 15 is 0 Å². The molecule has 0 unspecified atom stereocenters. The van der Waals surface area contributed by atoms with Crippen molar-refractivity contribution in [3.63, 3.8) is 0 Å². The summed E-state index contributed by atoms with van der Waals surface area (Å²) in [5, 5.41) is 12.4. The molecule has 5 rings (SSSR count). The van der Waals surface area contributed by atoms with Crippen molar-refractivity contribution in [1.29, 1.82) is 5.26 Å². The van der Waals surface area contributed by atoms with Gasteiger partial charge in [0.2, 0.25) is 0 Å². The van der Waals surface area contributed by atoms with Gasteiger partial charge in [-0.05, 0) is 55.3 Å². The number of carbonyl (C=O) groups excluding carboxylic acids is 1. The summed E-state index contributed by atoms with van der Waals surface area (Å²) >= 11 is 6.59. The van der Waals surface area contributed by atoms with E-state index in [1.165, 1.54) is 18.4 Å². The highest BCUT2D eigenvalue weighted by Crippen LogP contribution is 2.27. The summed E-state index contributed by atoms with van der Waals surface area (Å²) in [5.74, 6) is 0.577. The first-order valence-corrected chi connectivity index (χ1v) is 13.6. The molecule has 3 heterocycles. The molecule has 1 N–H and O–H groups in total. The molecule has 1 aromatic heterocycles. The molecule has 0 radical (unpaired) electrons. The average Bonchev–Trinajstić information content (AvgIpc) is 2.97. The van der Waals surface area contributed by atoms with E-state index < -0.39 is 0 Å². The standard InChI is InChI=1S/C30H33ClN6O/c31-28-18-26(30(38)34-20-24-4-2-1-3-5-24)21-33-29(28)37-16-14-36(15-17-37)27-10-12-35(13-11-27)22-25-8-6-23(19-32)7-9-25/h1-9,18,21,27H,10-17,20,22H2,(H,34,38). The number of anilines is 1. The van der Waals surface area contributed by atoms with E-state index in [9.17, 15) is 4.79 Å². The van der Waals surface area contributed by atoms with Gasteiger partial charge in [0.05, 0.1) is 22.2 Å². The fourth-order valence-corrected chi connectivity index (χ4v) is 5.64. The number of nitrogens with one attached hydrogen (secondary N) is 1. The van der Waals surface area contributed by atoms with Crippen molar-refractivity contribution in [1.82, 2.24) is 20.1 Å². The molecule has 0 aliphatic carbocycles. The zero-order chi connectivity index (χ0) is 26.3. The van der Waals surface area contributed by atoms with Crippen LogP contribution in [0.5, 0.6) is 0 Å². The van der Waals surface area contributed by atoms with Crippen LogP contribution in [0.2, 0.25) is 5.02 Å². The van der Waals surface area contributed by atoms with Crippen LogP contribution in [0.25, 0.3) is 0 Å². The second kappa shape index (κ2) is 12.4. The number of hydrogen-bond donors (Lipinski definition) is 1. The molecule has 2 fully saturated rings. The molecular weight excluding hydrogens is 496 g/mol. The SMILES string of the molecule is N#Cc1ccc(CN2CCC(N3CCN(c4ncc(C(=O)NCc5ccccc5)cc4Cl)CC3)CC2)cc1. The first-order chi connectivity index (χ1) is 18.6. The molecule has 2 saturated heterocycles. The number of carbonyl (C=O) groups is 1. The Morgan fingerprint density at radius 1 is 0.974 bits per heavy atom. The van der Waals surface area contributed by atoms with E-state index in [-0.39, 0.29) is 5.91 Å². The molecule has 7 nitrogen and oxygen atoms in total. The van der Waals surface area contributed by atoms with Crippen LogP contribution in [0.4, 0.5) is 5.82 Å². The zero-order valence-electron chi connectivity index (χ0n) is 21.5. The lowest BCUT2D eigenvalue weighted by atomic mass is 10.0. The van der Waals surface area contributed by atoms with Crippen molar-refractivity contribution in [3.05, 3.63) is 94.1 Å². The van der Waals surface area contributed by atoms with Crippen molar-refractivity contribution >= 4 is 23.3 Å². The van der Waals surface area contributed by atoms with Crippen LogP contribution in [0, 0.1) is 11.3 Å². The van der Waals surface area contributed by atoms with Gasteiger partial charge in [-0.25, -0.2) is 4.98 Å². The molecule has 1 amide bonds. The summed E-state index contributed by atoms with van der Waals surface area (Å²) < 4.78 is 0. The van der Waals surface area contributed by atoms with Gasteiger partial charge < -0.3 is 10.2 Å². The Morgan fingerprint density at radius 2 is 1.68 bits per heavy atom. The Kier molecular flexibility index (Phi) is 8.54. The van der Waals surface area contributed by atoms with Gasteiger partial charge in [0.1, 0.15) is 5.82 Å². The van der Waals surface area contributed by atoms with Gasteiger partial charge in [-0.3, -0.25) is 14.6 Å². The minimum absolute atomic E-state index is 0.176. The Balaban J connectivity index is 1.08. The van der Waals surface area contributed by atoms with Gasteiger partial charge in [-0.1, -0.05) is 54.1 Å². The molecule has 0 bridgehead atoms. The second-order valence-corrected chi connectivity index (χ2v) is 10.4. The van der Waals surface area contributed by atoms with Crippen molar-refractivity contribution in [3.8, 4) is 6.07 Å². The van der Waals surface area contributed by atoms with Crippen LogP contribution < -0.4 is 10.2 Å². The van der Waals surface area contributed by atoms with Gasteiger partial charge in [0.15, 0.2) is 0 Å². The second-order valence-electron chi connectivity index (χ2n) is 10.0. The van der Waals surface area contributed by atoms with Gasteiger partial charge in [0, 0.05) is 51.5 Å². The fourth-order valence-electron chi connectivity index (χ4n) is 5.35. The number of piperidine rings is 1. The third-order valence-corrected chi connectivity index (χ3v) is 7.83. The van der Waals surface area contributed by atoms with Crippen LogP contribution in [-0.4, -0.2) is 66.0 Å². The van der Waals surface area contributed by atoms with Crippen molar-refractivity contribution in [2.24, 2.45) is 0 Å². The maximum atomic E-state index is 12.6. The largest absolute Gasteiger partial charge is 0.353 e. The van der Waals surface area contributed by atoms with Crippen molar-refractivity contribution in [2.45, 2.75) is 32.0 Å². The number of rotatable bonds is 7. The lowest BCUT2D eigenvalue weighted by molar-refractivity contribution is 0.0950. The summed E-state index contributed by atoms with van der Waals surface area (Å²) in [6.07, 6.45) is 3.96. The number of piperazine rings is 1. The molecular formula is C30H33ClN6O. The molecule has 2 aliphatic rings. The van der Waals surface area contributed by atoms with E-state index in [0.29, 0.717) is 28.7 Å². The Hall–Kier alpha value is -3.44. The molecule has 0 atom stereocenters. The molecule has 0 saturated carbocycles. The molecule has 38 heavy (non-hydrogen) atoms. The van der Waals surface area contributed by atoms with E-state index in [1.807, 2.05) is 42.5 Å². The molecule has 3 aromatic rings. The highest BCUT2D eigenvalue weighted by Gasteiger charge is 2.28. The Morgan fingerprint density at radius 3 is 2.34 bits per heavy atom. The predicted molar refractivity (Wildman–Crippen MR) is 150 cm³/mol. The number of hydrogen-bond acceptors (Lipinski definition) is 6. The fraction of sp³-hybridized carbons (Fsp3) is 0.367. The lowest BCUT2D eigenvalue weighted by Crippen LogP contribution is -2.53. The average molecular weight is 529 g/mol. The highest BCUT2D eigenvalue weighted by atomic mass is 35.5. The molecule has 0 spiro atoms. The Labute approximate surface area is 229 Å². The minimum Gasteiger partial charge on any atom is -0.353 e. The maximum Gasteiger partial charge on any atom is 0.253 e. The first kappa shape index (κ1) is 26.2. The van der Waals surface area contributed by atoms with Crippen LogP contribution >= 0.6 is 11.6 Å². The van der Waals surface area contributed by atoms with Crippen LogP contribution in [0.1, 0.15) is 39.9 Å². The van der Waals surface area contributed by atoms with Crippen LogP contribution in [-0.2, 0) is 13.1 Å². The van der Waals surface area contributed by atoms with Gasteiger partial charge in [0.25, 0.3) is 5.91 Å². The predicted octanol–water partition coefficient (Wildman–Crippen LogP) is 4.32. The number of nitriles is 1. The van der Waals surface area contributed by atoms with Crippen LogP contribution in [0.15, 0.2) is 66.9 Å². The molecule has 2 aliphatic heterocycles. The number of benzene rings is 2. The van der Waals surface area contributed by atoms with Crippen molar-refractivity contribution < 1.29 is 4.79 Å². The topological polar surface area (TPSA) is 75.5 Å². The number of amides is 1. The highest BCUT2D eigenvalue weighted by molar-refractivity contribution is 6.33. The third kappa shape index (κ3) is 6.51. The minimum atomic E-state index is -0.176. The molecule has 196 valence electrons. The zero-order valence-corrected chi connectivity index (χ0v) is 22.3. The Bertz CT molecular complexity index is 1260. The summed E-state index contributed by atoms with van der Waals surface area (Å²) in [4.78, 5) is 24.5. The monoisotopic (exact) mass is 528 g/mol. The smallest absolute Gasteiger partial charge is 0.253 e. The third-order valence-electron chi connectivity index (χ3n) is 7.56. The maximum absolute atomic E-state index is 12.6. The van der Waals surface area contributed by atoms with E-state index in [0.717, 1.165) is 57.2 Å². The lowest BCUT2D eigenvalue weighted by Gasteiger charge is -2.43. The van der Waals surface area contributed by atoms with E-state index in [4.69, 9.17) is 16.9 Å². The van der Waals surface area contributed by atoms with Gasteiger partial charge >= 0.3 is 0 Å². The number of nitrogens with zero attached hydrogens (tertiary/aromatic N) is 5. The number of aromatic nitrogens is 1. The summed E-state index contributed by atoms with van der Waals surface area (Å²) in [7, 11) is 0. The van der Waals surface area contributed by atoms with Gasteiger partial charge in [-0.2, -0.15) is 5.26 Å².